The molecule has 0 atom stereocenters. The van der Waals surface area contributed by atoms with Gasteiger partial charge in [-0.1, -0.05) is 0 Å². The molecule has 0 unspecified atom stereocenters. The number of aromatic nitrogens is 2. The standard InChI is InChI=1S/C13H16N4O2/c14-7-11-5-6-16-17-12(11)15-8-9-1-3-10(4-2-9)13(18)19/h5-6,9-10H,1-4,8H2,(H,15,17)(H,18,19). The quantitative estimate of drug-likeness (QED) is 0.854. The number of aliphatic carboxylic acids is 1. The lowest BCUT2D eigenvalue weighted by atomic mass is 9.82. The average Bonchev–Trinajstić information content (AvgIpc) is 2.45. The van der Waals surface area contributed by atoms with E-state index in [9.17, 15) is 4.79 Å². The minimum Gasteiger partial charge on any atom is -0.481 e. The largest absolute Gasteiger partial charge is 0.481 e. The van der Waals surface area contributed by atoms with Gasteiger partial charge in [-0.15, -0.1) is 5.10 Å². The van der Waals surface area contributed by atoms with Crippen LogP contribution in [-0.4, -0.2) is 27.8 Å². The fourth-order valence-electron chi connectivity index (χ4n) is 2.41. The Labute approximate surface area is 111 Å². The highest BCUT2D eigenvalue weighted by atomic mass is 16.4. The zero-order valence-corrected chi connectivity index (χ0v) is 10.5. The van der Waals surface area contributed by atoms with Crippen LogP contribution in [0.5, 0.6) is 0 Å². The Balaban J connectivity index is 1.84. The molecule has 1 heterocycles. The van der Waals surface area contributed by atoms with Crippen molar-refractivity contribution in [2.45, 2.75) is 25.7 Å². The van der Waals surface area contributed by atoms with E-state index in [2.05, 4.69) is 21.6 Å². The van der Waals surface area contributed by atoms with Gasteiger partial charge in [-0.05, 0) is 37.7 Å². The molecule has 1 aliphatic carbocycles. The molecule has 1 fully saturated rings. The summed E-state index contributed by atoms with van der Waals surface area (Å²) in [6.07, 6.45) is 4.74. The lowest BCUT2D eigenvalue weighted by molar-refractivity contribution is -0.143. The zero-order valence-electron chi connectivity index (χ0n) is 10.5. The second-order valence-electron chi connectivity index (χ2n) is 4.84. The fraction of sp³-hybridized carbons (Fsp3) is 0.538. The molecule has 2 rings (SSSR count). The Hall–Kier alpha value is -2.16. The number of nitrogens with zero attached hydrogens (tertiary/aromatic N) is 3. The normalized spacial score (nSPS) is 22.5. The van der Waals surface area contributed by atoms with Crippen LogP contribution in [-0.2, 0) is 4.79 Å². The van der Waals surface area contributed by atoms with Gasteiger partial charge in [-0.25, -0.2) is 0 Å². The minimum atomic E-state index is -0.688. The van der Waals surface area contributed by atoms with Crippen LogP contribution >= 0.6 is 0 Å². The molecule has 6 nitrogen and oxygen atoms in total. The summed E-state index contributed by atoms with van der Waals surface area (Å²) in [5.41, 5.74) is 0.481. The van der Waals surface area contributed by atoms with Crippen molar-refractivity contribution < 1.29 is 9.90 Å². The summed E-state index contributed by atoms with van der Waals surface area (Å²) in [6.45, 7) is 0.708. The topological polar surface area (TPSA) is 98.9 Å². The summed E-state index contributed by atoms with van der Waals surface area (Å²) in [4.78, 5) is 10.9. The van der Waals surface area contributed by atoms with Gasteiger partial charge in [0.2, 0.25) is 0 Å². The summed E-state index contributed by atoms with van der Waals surface area (Å²) in [5.74, 6) is 0.0593. The van der Waals surface area contributed by atoms with Crippen molar-refractivity contribution in [3.8, 4) is 6.07 Å². The van der Waals surface area contributed by atoms with Crippen LogP contribution in [0.25, 0.3) is 0 Å². The number of nitriles is 1. The highest BCUT2D eigenvalue weighted by Gasteiger charge is 2.25. The number of rotatable bonds is 4. The number of carbonyl (C=O) groups is 1. The molecular weight excluding hydrogens is 244 g/mol. The van der Waals surface area contributed by atoms with E-state index in [0.29, 0.717) is 23.8 Å². The van der Waals surface area contributed by atoms with Crippen molar-refractivity contribution in [2.24, 2.45) is 11.8 Å². The van der Waals surface area contributed by atoms with E-state index in [0.717, 1.165) is 25.7 Å². The van der Waals surface area contributed by atoms with Crippen LogP contribution in [0.2, 0.25) is 0 Å². The second-order valence-corrected chi connectivity index (χ2v) is 4.84. The molecule has 1 aromatic rings. The Bertz CT molecular complexity index is 490. The van der Waals surface area contributed by atoms with Crippen molar-refractivity contribution in [1.82, 2.24) is 10.2 Å². The number of anilines is 1. The first kappa shape index (κ1) is 13.3. The first-order valence-electron chi connectivity index (χ1n) is 6.39. The molecule has 2 N–H and O–H groups in total. The molecule has 19 heavy (non-hydrogen) atoms. The third-order valence-corrected chi connectivity index (χ3v) is 3.60. The lowest BCUT2D eigenvalue weighted by Gasteiger charge is -2.26. The SMILES string of the molecule is N#Cc1ccnnc1NCC1CCC(C(=O)O)CC1. The monoisotopic (exact) mass is 260 g/mol. The van der Waals surface area contributed by atoms with Crippen molar-refractivity contribution in [3.63, 3.8) is 0 Å². The summed E-state index contributed by atoms with van der Waals surface area (Å²) in [5, 5.41) is 28.6. The Morgan fingerprint density at radius 3 is 2.84 bits per heavy atom. The smallest absolute Gasteiger partial charge is 0.306 e. The van der Waals surface area contributed by atoms with E-state index in [4.69, 9.17) is 10.4 Å². The fourth-order valence-corrected chi connectivity index (χ4v) is 2.41. The average molecular weight is 260 g/mol. The highest BCUT2D eigenvalue weighted by Crippen LogP contribution is 2.29. The summed E-state index contributed by atoms with van der Waals surface area (Å²) >= 11 is 0. The van der Waals surface area contributed by atoms with Crippen molar-refractivity contribution in [1.29, 1.82) is 5.26 Å². The van der Waals surface area contributed by atoms with Gasteiger partial charge in [0.1, 0.15) is 6.07 Å². The van der Waals surface area contributed by atoms with Gasteiger partial charge in [-0.3, -0.25) is 4.79 Å². The molecule has 0 aromatic carbocycles. The van der Waals surface area contributed by atoms with Crippen LogP contribution < -0.4 is 5.32 Å². The summed E-state index contributed by atoms with van der Waals surface area (Å²) in [7, 11) is 0. The maximum absolute atomic E-state index is 10.9. The molecule has 0 aliphatic heterocycles. The zero-order chi connectivity index (χ0) is 13.7. The van der Waals surface area contributed by atoms with Crippen LogP contribution in [0.3, 0.4) is 0 Å². The van der Waals surface area contributed by atoms with E-state index in [1.165, 1.54) is 6.20 Å². The third kappa shape index (κ3) is 3.41. The van der Waals surface area contributed by atoms with Crippen molar-refractivity contribution in [3.05, 3.63) is 17.8 Å². The first-order valence-corrected chi connectivity index (χ1v) is 6.39. The maximum Gasteiger partial charge on any atom is 0.306 e. The molecule has 1 aliphatic rings. The van der Waals surface area contributed by atoms with Crippen molar-refractivity contribution in [2.75, 3.05) is 11.9 Å². The van der Waals surface area contributed by atoms with E-state index in [1.54, 1.807) is 6.07 Å². The van der Waals surface area contributed by atoms with Gasteiger partial charge in [0.05, 0.1) is 17.7 Å². The van der Waals surface area contributed by atoms with Crippen molar-refractivity contribution >= 4 is 11.8 Å². The van der Waals surface area contributed by atoms with Crippen LogP contribution in [0.1, 0.15) is 31.2 Å². The molecule has 1 aromatic heterocycles. The van der Waals surface area contributed by atoms with E-state index in [-0.39, 0.29) is 5.92 Å². The van der Waals surface area contributed by atoms with Crippen LogP contribution in [0, 0.1) is 23.2 Å². The Morgan fingerprint density at radius 2 is 2.21 bits per heavy atom. The van der Waals surface area contributed by atoms with E-state index in [1.807, 2.05) is 0 Å². The molecule has 100 valence electrons. The number of hydrogen-bond acceptors (Lipinski definition) is 5. The lowest BCUT2D eigenvalue weighted by Crippen LogP contribution is -2.25. The summed E-state index contributed by atoms with van der Waals surface area (Å²) in [6, 6.07) is 3.68. The number of hydrogen-bond donors (Lipinski definition) is 2. The molecule has 0 spiro atoms. The van der Waals surface area contributed by atoms with E-state index >= 15 is 0 Å². The summed E-state index contributed by atoms with van der Waals surface area (Å²) < 4.78 is 0. The molecule has 0 radical (unpaired) electrons. The maximum atomic E-state index is 10.9. The Morgan fingerprint density at radius 1 is 1.47 bits per heavy atom. The number of carboxylic acid groups (broad SMARTS) is 1. The van der Waals surface area contributed by atoms with Crippen LogP contribution in [0.4, 0.5) is 5.82 Å². The predicted molar refractivity (Wildman–Crippen MR) is 68.3 cm³/mol. The van der Waals surface area contributed by atoms with Gasteiger partial charge < -0.3 is 10.4 Å². The van der Waals surface area contributed by atoms with Gasteiger partial charge in [-0.2, -0.15) is 10.4 Å². The molecule has 0 amide bonds. The first-order chi connectivity index (χ1) is 9.20. The van der Waals surface area contributed by atoms with Gasteiger partial charge in [0.25, 0.3) is 0 Å². The van der Waals surface area contributed by atoms with Gasteiger partial charge >= 0.3 is 5.97 Å². The minimum absolute atomic E-state index is 0.192. The van der Waals surface area contributed by atoms with Crippen LogP contribution in [0.15, 0.2) is 12.3 Å². The molecular formula is C13H16N4O2. The molecule has 1 saturated carbocycles. The molecule has 6 heteroatoms. The molecule has 0 saturated heterocycles. The van der Waals surface area contributed by atoms with E-state index < -0.39 is 5.97 Å². The van der Waals surface area contributed by atoms with Gasteiger partial charge in [0, 0.05) is 6.54 Å². The third-order valence-electron chi connectivity index (χ3n) is 3.60. The van der Waals surface area contributed by atoms with Gasteiger partial charge in [0.15, 0.2) is 5.82 Å². The number of carboxylic acids is 1. The second kappa shape index (κ2) is 6.14. The number of nitrogens with one attached hydrogen (secondary N) is 1. The molecule has 0 bridgehead atoms. The highest BCUT2D eigenvalue weighted by molar-refractivity contribution is 5.70. The Kier molecular flexibility index (Phi) is 4.29. The predicted octanol–water partition coefficient (Wildman–Crippen LogP) is 1.65.